The van der Waals surface area contributed by atoms with Gasteiger partial charge in [0.15, 0.2) is 18.1 Å². The number of hydrogen-bond donors (Lipinski definition) is 0. The molecule has 7 nitrogen and oxygen atoms in total. The van der Waals surface area contributed by atoms with Crippen molar-refractivity contribution in [3.63, 3.8) is 0 Å². The lowest BCUT2D eigenvalue weighted by molar-refractivity contribution is -0.143. The summed E-state index contributed by atoms with van der Waals surface area (Å²) >= 11 is 0.919. The van der Waals surface area contributed by atoms with Crippen molar-refractivity contribution in [2.24, 2.45) is 0 Å². The first-order valence-electron chi connectivity index (χ1n) is 9.14. The van der Waals surface area contributed by atoms with Gasteiger partial charge in [-0.3, -0.25) is 14.5 Å². The number of allylic oxidation sites excluding steroid dienone is 1. The van der Waals surface area contributed by atoms with E-state index in [-0.39, 0.29) is 23.8 Å². The Kier molecular flexibility index (Phi) is 7.90. The molecule has 0 bridgehead atoms. The predicted molar refractivity (Wildman–Crippen MR) is 112 cm³/mol. The van der Waals surface area contributed by atoms with Crippen LogP contribution >= 0.6 is 11.8 Å². The largest absolute Gasteiger partial charge is 0.493 e. The highest BCUT2D eigenvalue weighted by Crippen LogP contribution is 2.37. The average molecular weight is 419 g/mol. The summed E-state index contributed by atoms with van der Waals surface area (Å²) in [4.78, 5) is 38.0. The lowest BCUT2D eigenvalue weighted by atomic mass is 10.0. The van der Waals surface area contributed by atoms with E-state index in [2.05, 4.69) is 11.3 Å². The number of nitrogens with zero attached hydrogens (tertiary/aromatic N) is 1. The molecule has 2 amide bonds. The van der Waals surface area contributed by atoms with E-state index in [1.807, 2.05) is 19.9 Å². The van der Waals surface area contributed by atoms with Crippen molar-refractivity contribution in [2.75, 3.05) is 20.8 Å². The molecule has 0 N–H and O–H groups in total. The Labute approximate surface area is 174 Å². The Bertz CT molecular complexity index is 848. The zero-order valence-corrected chi connectivity index (χ0v) is 17.8. The van der Waals surface area contributed by atoms with Crippen LogP contribution in [0, 0.1) is 0 Å². The van der Waals surface area contributed by atoms with E-state index >= 15 is 0 Å². The summed E-state index contributed by atoms with van der Waals surface area (Å²) in [6.07, 6.45) is 4.50. The summed E-state index contributed by atoms with van der Waals surface area (Å²) in [5.41, 5.74) is 1.41. The number of benzene rings is 1. The normalized spacial score (nSPS) is 16.1. The van der Waals surface area contributed by atoms with Crippen molar-refractivity contribution in [2.45, 2.75) is 32.7 Å². The Hall–Kier alpha value is -2.74. The van der Waals surface area contributed by atoms with Crippen LogP contribution in [0.3, 0.4) is 0 Å². The van der Waals surface area contributed by atoms with E-state index in [9.17, 15) is 14.4 Å². The summed E-state index contributed by atoms with van der Waals surface area (Å²) in [6.45, 7) is 7.26. The first-order valence-corrected chi connectivity index (χ1v) is 9.96. The van der Waals surface area contributed by atoms with Crippen LogP contribution in [0.2, 0.25) is 0 Å². The zero-order valence-electron chi connectivity index (χ0n) is 17.0. The molecular formula is C21H25NO6S. The molecule has 2 rings (SSSR count). The number of amides is 2. The summed E-state index contributed by atoms with van der Waals surface area (Å²) in [7, 11) is 2.77. The van der Waals surface area contributed by atoms with E-state index in [0.29, 0.717) is 34.8 Å². The van der Waals surface area contributed by atoms with Crippen LogP contribution in [-0.2, 0) is 20.7 Å². The SMILES string of the molecule is C=CCc1cc(/C=C2\SC(=O)N(C(C)CC)C2=O)cc(OC)c1OCC(=O)OC. The Balaban J connectivity index is 2.41. The Morgan fingerprint density at radius 1 is 1.31 bits per heavy atom. The second-order valence-corrected chi connectivity index (χ2v) is 7.37. The molecule has 1 atom stereocenters. The second kappa shape index (κ2) is 10.2. The maximum absolute atomic E-state index is 12.7. The Morgan fingerprint density at radius 2 is 2.03 bits per heavy atom. The second-order valence-electron chi connectivity index (χ2n) is 6.38. The van der Waals surface area contributed by atoms with Gasteiger partial charge >= 0.3 is 5.97 Å². The molecule has 156 valence electrons. The standard InChI is InChI=1S/C21H25NO6S/c1-6-8-15-9-14(10-16(26-4)19(15)28-12-18(23)27-5)11-17-20(24)22(13(3)7-2)21(25)29-17/h6,9-11,13H,1,7-8,12H2,2-5H3/b17-11-. The fourth-order valence-corrected chi connectivity index (χ4v) is 3.70. The first-order chi connectivity index (χ1) is 13.9. The van der Waals surface area contributed by atoms with Gasteiger partial charge in [-0.15, -0.1) is 6.58 Å². The summed E-state index contributed by atoms with van der Waals surface area (Å²) < 4.78 is 15.6. The number of methoxy groups -OCH3 is 2. The fraction of sp³-hybridized carbons (Fsp3) is 0.381. The third-order valence-electron chi connectivity index (χ3n) is 4.45. The number of thioether (sulfide) groups is 1. The summed E-state index contributed by atoms with van der Waals surface area (Å²) in [6, 6.07) is 3.35. The monoisotopic (exact) mass is 419 g/mol. The molecule has 1 unspecified atom stereocenters. The number of carbonyl (C=O) groups is 3. The molecule has 1 heterocycles. The molecule has 1 aliphatic rings. The minimum absolute atomic E-state index is 0.159. The first kappa shape index (κ1) is 22.5. The molecule has 0 spiro atoms. The average Bonchev–Trinajstić information content (AvgIpc) is 2.99. The van der Waals surface area contributed by atoms with E-state index in [4.69, 9.17) is 9.47 Å². The molecule has 0 radical (unpaired) electrons. The van der Waals surface area contributed by atoms with E-state index in [0.717, 1.165) is 17.3 Å². The van der Waals surface area contributed by atoms with Gasteiger partial charge in [0.05, 0.1) is 19.1 Å². The fourth-order valence-electron chi connectivity index (χ4n) is 2.77. The number of hydrogen-bond acceptors (Lipinski definition) is 7. The third-order valence-corrected chi connectivity index (χ3v) is 5.34. The number of imide groups is 1. The van der Waals surface area contributed by atoms with Gasteiger partial charge in [-0.2, -0.15) is 0 Å². The number of esters is 1. The van der Waals surface area contributed by atoms with Crippen molar-refractivity contribution in [1.29, 1.82) is 0 Å². The van der Waals surface area contributed by atoms with Crippen LogP contribution in [0.25, 0.3) is 6.08 Å². The molecule has 0 aliphatic carbocycles. The molecule has 29 heavy (non-hydrogen) atoms. The molecule has 0 aromatic heterocycles. The van der Waals surface area contributed by atoms with Crippen LogP contribution in [-0.4, -0.2) is 48.9 Å². The maximum atomic E-state index is 12.7. The topological polar surface area (TPSA) is 82.1 Å². The van der Waals surface area contributed by atoms with Gasteiger partial charge in [-0.1, -0.05) is 13.0 Å². The van der Waals surface area contributed by atoms with E-state index in [1.165, 1.54) is 19.1 Å². The van der Waals surface area contributed by atoms with Crippen LogP contribution < -0.4 is 9.47 Å². The summed E-state index contributed by atoms with van der Waals surface area (Å²) in [5.74, 6) is -0.00711. The smallest absolute Gasteiger partial charge is 0.343 e. The van der Waals surface area contributed by atoms with Crippen molar-refractivity contribution >= 4 is 35.0 Å². The van der Waals surface area contributed by atoms with Crippen LogP contribution in [0.1, 0.15) is 31.4 Å². The highest BCUT2D eigenvalue weighted by atomic mass is 32.2. The molecule has 0 saturated carbocycles. The molecule has 8 heteroatoms. The number of ether oxygens (including phenoxy) is 3. The number of rotatable bonds is 9. The van der Waals surface area contributed by atoms with Crippen LogP contribution in [0.5, 0.6) is 11.5 Å². The van der Waals surface area contributed by atoms with E-state index < -0.39 is 5.97 Å². The molecule has 1 fully saturated rings. The van der Waals surface area contributed by atoms with Gasteiger partial charge in [0.2, 0.25) is 0 Å². The highest BCUT2D eigenvalue weighted by Gasteiger charge is 2.37. The minimum Gasteiger partial charge on any atom is -0.493 e. The van der Waals surface area contributed by atoms with E-state index in [1.54, 1.807) is 18.2 Å². The molecule has 1 aromatic carbocycles. The van der Waals surface area contributed by atoms with Crippen LogP contribution in [0.4, 0.5) is 4.79 Å². The highest BCUT2D eigenvalue weighted by molar-refractivity contribution is 8.18. The van der Waals surface area contributed by atoms with Gasteiger partial charge in [0.25, 0.3) is 11.1 Å². The van der Waals surface area contributed by atoms with Crippen molar-refractivity contribution < 1.29 is 28.6 Å². The predicted octanol–water partition coefficient (Wildman–Crippen LogP) is 3.81. The number of carbonyl (C=O) groups excluding carboxylic acids is 3. The minimum atomic E-state index is -0.514. The van der Waals surface area contributed by atoms with Gasteiger partial charge < -0.3 is 14.2 Å². The maximum Gasteiger partial charge on any atom is 0.343 e. The van der Waals surface area contributed by atoms with Gasteiger partial charge in [-0.25, -0.2) is 4.79 Å². The van der Waals surface area contributed by atoms with Crippen LogP contribution in [0.15, 0.2) is 29.7 Å². The van der Waals surface area contributed by atoms with Gasteiger partial charge in [0.1, 0.15) is 0 Å². The van der Waals surface area contributed by atoms with Gasteiger partial charge in [-0.05, 0) is 55.3 Å². The quantitative estimate of drug-likeness (QED) is 0.342. The lowest BCUT2D eigenvalue weighted by Gasteiger charge is -2.19. The van der Waals surface area contributed by atoms with Crippen molar-refractivity contribution in [1.82, 2.24) is 4.90 Å². The van der Waals surface area contributed by atoms with Gasteiger partial charge in [0, 0.05) is 11.6 Å². The lowest BCUT2D eigenvalue weighted by Crippen LogP contribution is -2.36. The third kappa shape index (κ3) is 5.20. The van der Waals surface area contributed by atoms with Crippen molar-refractivity contribution in [3.05, 3.63) is 40.8 Å². The van der Waals surface area contributed by atoms with Crippen molar-refractivity contribution in [3.8, 4) is 11.5 Å². The Morgan fingerprint density at radius 3 is 2.62 bits per heavy atom. The molecular weight excluding hydrogens is 394 g/mol. The molecule has 1 aromatic rings. The molecule has 1 aliphatic heterocycles. The summed E-state index contributed by atoms with van der Waals surface area (Å²) in [5, 5.41) is -0.271. The molecule has 1 saturated heterocycles. The zero-order chi connectivity index (χ0) is 21.6.